The predicted octanol–water partition coefficient (Wildman–Crippen LogP) is 0.798. The number of ketones is 1. The first-order chi connectivity index (χ1) is 8.15. The van der Waals surface area contributed by atoms with Crippen molar-refractivity contribution in [1.82, 2.24) is 14.6 Å². The second kappa shape index (κ2) is 3.63. The second-order valence-corrected chi connectivity index (χ2v) is 4.54. The van der Waals surface area contributed by atoms with Crippen LogP contribution < -0.4 is 4.90 Å². The smallest absolute Gasteiger partial charge is 0.252 e. The largest absolute Gasteiger partial charge is 0.297 e. The first-order valence-corrected chi connectivity index (χ1v) is 5.78. The minimum absolute atomic E-state index is 0.0588. The monoisotopic (exact) mass is 294 g/mol. The lowest BCUT2D eigenvalue weighted by molar-refractivity contribution is -0.121. The van der Waals surface area contributed by atoms with Crippen molar-refractivity contribution in [2.45, 2.75) is 6.42 Å². The summed E-state index contributed by atoms with van der Waals surface area (Å²) in [6.07, 6.45) is -0.0588. The molecular formula is C10H7BrN4O2. The second-order valence-electron chi connectivity index (χ2n) is 3.73. The molecule has 0 unspecified atom stereocenters. The van der Waals surface area contributed by atoms with Crippen molar-refractivity contribution in [3.05, 3.63) is 22.8 Å². The zero-order chi connectivity index (χ0) is 12.0. The number of carbonyl (C=O) groups excluding carboxylic acids is 2. The van der Waals surface area contributed by atoms with Gasteiger partial charge in [0.15, 0.2) is 11.4 Å². The highest BCUT2D eigenvalue weighted by Crippen LogP contribution is 2.19. The van der Waals surface area contributed by atoms with Gasteiger partial charge in [-0.3, -0.25) is 14.5 Å². The minimum Gasteiger partial charge on any atom is -0.297 e. The first-order valence-electron chi connectivity index (χ1n) is 4.98. The van der Waals surface area contributed by atoms with Crippen molar-refractivity contribution in [3.63, 3.8) is 0 Å². The molecule has 0 aromatic carbocycles. The third-order valence-electron chi connectivity index (χ3n) is 2.53. The molecule has 1 saturated heterocycles. The van der Waals surface area contributed by atoms with Crippen molar-refractivity contribution in [3.8, 4) is 0 Å². The number of nitrogens with zero attached hydrogens (tertiary/aromatic N) is 4. The Labute approximate surface area is 104 Å². The Morgan fingerprint density at radius 2 is 2.12 bits per heavy atom. The minimum atomic E-state index is -0.248. The van der Waals surface area contributed by atoms with E-state index >= 15 is 0 Å². The summed E-state index contributed by atoms with van der Waals surface area (Å²) in [4.78, 5) is 28.3. The molecule has 0 radical (unpaired) electrons. The quantitative estimate of drug-likeness (QED) is 0.576. The lowest BCUT2D eigenvalue weighted by Crippen LogP contribution is -2.25. The van der Waals surface area contributed by atoms with Crippen LogP contribution in [-0.2, 0) is 9.59 Å². The van der Waals surface area contributed by atoms with E-state index in [1.807, 2.05) is 12.1 Å². The fraction of sp³-hybridized carbons (Fsp3) is 0.200. The van der Waals surface area contributed by atoms with Gasteiger partial charge < -0.3 is 0 Å². The van der Waals surface area contributed by atoms with E-state index in [4.69, 9.17) is 0 Å². The molecule has 1 fully saturated rings. The van der Waals surface area contributed by atoms with E-state index in [1.165, 1.54) is 4.90 Å². The Morgan fingerprint density at radius 3 is 2.76 bits per heavy atom. The van der Waals surface area contributed by atoms with E-state index in [9.17, 15) is 9.59 Å². The van der Waals surface area contributed by atoms with Crippen LogP contribution in [0.25, 0.3) is 5.65 Å². The molecule has 0 bridgehead atoms. The molecular weight excluding hydrogens is 288 g/mol. The van der Waals surface area contributed by atoms with Crippen LogP contribution in [0.1, 0.15) is 6.42 Å². The van der Waals surface area contributed by atoms with Crippen LogP contribution >= 0.6 is 15.9 Å². The van der Waals surface area contributed by atoms with Crippen LogP contribution in [0.3, 0.4) is 0 Å². The molecule has 0 N–H and O–H groups in total. The molecule has 0 saturated carbocycles. The molecule has 7 heteroatoms. The summed E-state index contributed by atoms with van der Waals surface area (Å²) in [6.45, 7) is 0.0628. The van der Waals surface area contributed by atoms with Gasteiger partial charge in [-0.05, 0) is 28.1 Å². The van der Waals surface area contributed by atoms with Gasteiger partial charge in [0.05, 0.1) is 13.0 Å². The molecule has 1 amide bonds. The van der Waals surface area contributed by atoms with Crippen molar-refractivity contribution >= 4 is 39.2 Å². The Morgan fingerprint density at radius 1 is 1.29 bits per heavy atom. The summed E-state index contributed by atoms with van der Waals surface area (Å²) in [5, 5.41) is 4.19. The maximum absolute atomic E-state index is 11.6. The lowest BCUT2D eigenvalue weighted by Gasteiger charge is -2.07. The van der Waals surface area contributed by atoms with Gasteiger partial charge in [-0.2, -0.15) is 4.98 Å². The number of hydrogen-bond donors (Lipinski definition) is 0. The average Bonchev–Trinajstić information content (AvgIpc) is 2.82. The summed E-state index contributed by atoms with van der Waals surface area (Å²) < 4.78 is 2.32. The molecule has 86 valence electrons. The maximum Gasteiger partial charge on any atom is 0.252 e. The number of carbonyl (C=O) groups is 2. The fourth-order valence-corrected chi connectivity index (χ4v) is 2.16. The van der Waals surface area contributed by atoms with Crippen LogP contribution in [0.15, 0.2) is 22.8 Å². The van der Waals surface area contributed by atoms with Crippen molar-refractivity contribution in [2.75, 3.05) is 11.4 Å². The summed E-state index contributed by atoms with van der Waals surface area (Å²) in [6, 6.07) is 5.43. The molecule has 3 rings (SSSR count). The third-order valence-corrected chi connectivity index (χ3v) is 3.13. The van der Waals surface area contributed by atoms with Gasteiger partial charge >= 0.3 is 0 Å². The number of hydrogen-bond acceptors (Lipinski definition) is 4. The van der Waals surface area contributed by atoms with Crippen LogP contribution in [0, 0.1) is 0 Å². The Bertz CT molecular complexity index is 636. The molecule has 1 aliphatic heterocycles. The number of halogens is 1. The summed E-state index contributed by atoms with van der Waals surface area (Å²) in [7, 11) is 0. The molecule has 0 spiro atoms. The number of fused-ring (bicyclic) bond motifs is 1. The van der Waals surface area contributed by atoms with Crippen LogP contribution in [-0.4, -0.2) is 32.8 Å². The van der Waals surface area contributed by atoms with Crippen molar-refractivity contribution in [2.24, 2.45) is 0 Å². The van der Waals surface area contributed by atoms with Crippen LogP contribution in [0.4, 0.5) is 5.95 Å². The van der Waals surface area contributed by atoms with Crippen molar-refractivity contribution < 1.29 is 9.59 Å². The van der Waals surface area contributed by atoms with E-state index in [0.717, 1.165) is 4.60 Å². The van der Waals surface area contributed by atoms with Gasteiger partial charge in [0, 0.05) is 0 Å². The number of Topliss-reactive ketones (excluding diaryl/α,β-unsaturated/α-hetero) is 1. The summed E-state index contributed by atoms with van der Waals surface area (Å²) in [5.41, 5.74) is 0.626. The van der Waals surface area contributed by atoms with Crippen LogP contribution in [0.2, 0.25) is 0 Å². The van der Waals surface area contributed by atoms with Gasteiger partial charge in [-0.15, -0.1) is 5.10 Å². The highest BCUT2D eigenvalue weighted by atomic mass is 79.9. The van der Waals surface area contributed by atoms with Gasteiger partial charge in [0.1, 0.15) is 4.60 Å². The SMILES string of the molecule is O=C1CC(=O)N(c2nc3cccc(Br)n3n2)C1. The van der Waals surface area contributed by atoms with E-state index in [-0.39, 0.29) is 30.6 Å². The topological polar surface area (TPSA) is 67.6 Å². The van der Waals surface area contributed by atoms with E-state index in [0.29, 0.717) is 5.65 Å². The molecule has 3 heterocycles. The number of anilines is 1. The zero-order valence-electron chi connectivity index (χ0n) is 8.63. The average molecular weight is 295 g/mol. The highest BCUT2D eigenvalue weighted by molar-refractivity contribution is 9.10. The maximum atomic E-state index is 11.6. The lowest BCUT2D eigenvalue weighted by atomic mass is 10.3. The number of amides is 1. The number of aromatic nitrogens is 3. The Balaban J connectivity index is 2.10. The van der Waals surface area contributed by atoms with Crippen LogP contribution in [0.5, 0.6) is 0 Å². The number of pyridine rings is 1. The molecule has 1 aliphatic rings. The Kier molecular flexibility index (Phi) is 2.22. The van der Waals surface area contributed by atoms with E-state index in [1.54, 1.807) is 10.6 Å². The molecule has 2 aromatic rings. The number of rotatable bonds is 1. The summed E-state index contributed by atoms with van der Waals surface area (Å²) in [5.74, 6) is -0.0808. The van der Waals surface area contributed by atoms with Gasteiger partial charge in [-0.25, -0.2) is 4.52 Å². The zero-order valence-corrected chi connectivity index (χ0v) is 10.2. The van der Waals surface area contributed by atoms with Gasteiger partial charge in [0.25, 0.3) is 5.95 Å². The molecule has 0 aliphatic carbocycles. The highest BCUT2D eigenvalue weighted by Gasteiger charge is 2.31. The van der Waals surface area contributed by atoms with E-state index in [2.05, 4.69) is 26.0 Å². The van der Waals surface area contributed by atoms with E-state index < -0.39 is 0 Å². The third kappa shape index (κ3) is 1.62. The predicted molar refractivity (Wildman–Crippen MR) is 62.7 cm³/mol. The fourth-order valence-electron chi connectivity index (χ4n) is 1.74. The normalized spacial score (nSPS) is 16.2. The Hall–Kier alpha value is -1.76. The standard InChI is InChI=1S/C10H7BrN4O2/c11-7-2-1-3-8-12-10(13-15(7)8)14-5-6(16)4-9(14)17/h1-3H,4-5H2. The van der Waals surface area contributed by atoms with Gasteiger partial charge in [-0.1, -0.05) is 6.07 Å². The molecule has 0 atom stereocenters. The van der Waals surface area contributed by atoms with Gasteiger partial charge in [0.2, 0.25) is 5.91 Å². The molecule has 2 aromatic heterocycles. The first kappa shape index (κ1) is 10.4. The van der Waals surface area contributed by atoms with Crippen molar-refractivity contribution in [1.29, 1.82) is 0 Å². The molecule has 6 nitrogen and oxygen atoms in total. The summed E-state index contributed by atoms with van der Waals surface area (Å²) >= 11 is 3.34. The molecule has 17 heavy (non-hydrogen) atoms.